The predicted molar refractivity (Wildman–Crippen MR) is 51.5 cm³/mol. The molecule has 1 heterocycles. The first kappa shape index (κ1) is 9.36. The lowest BCUT2D eigenvalue weighted by molar-refractivity contribution is 0.428. The molecule has 74 valence electrons. The first-order valence-electron chi connectivity index (χ1n) is 4.15. The molecule has 0 saturated heterocycles. The minimum absolute atomic E-state index is 0.117. The van der Waals surface area contributed by atoms with E-state index in [2.05, 4.69) is 5.16 Å². The molecule has 2 aromatic rings. The van der Waals surface area contributed by atoms with Crippen molar-refractivity contribution in [3.63, 3.8) is 0 Å². The lowest BCUT2D eigenvalue weighted by Gasteiger charge is -2.04. The van der Waals surface area contributed by atoms with Gasteiger partial charge >= 0.3 is 0 Å². The zero-order chi connectivity index (χ0) is 9.97. The van der Waals surface area contributed by atoms with E-state index in [0.717, 1.165) is 16.5 Å². The van der Waals surface area contributed by atoms with Gasteiger partial charge in [0.2, 0.25) is 0 Å². The van der Waals surface area contributed by atoms with Crippen LogP contribution in [0.3, 0.4) is 0 Å². The monoisotopic (exact) mass is 210 g/mol. The zero-order valence-corrected chi connectivity index (χ0v) is 8.12. The molecule has 0 aliphatic rings. The minimum atomic E-state index is -2.01. The van der Waals surface area contributed by atoms with Gasteiger partial charge in [-0.25, -0.2) is 0 Å². The van der Waals surface area contributed by atoms with E-state index in [-0.39, 0.29) is 5.75 Å². The van der Waals surface area contributed by atoms with Crippen molar-refractivity contribution in [2.24, 2.45) is 0 Å². The van der Waals surface area contributed by atoms with Gasteiger partial charge in [-0.2, -0.15) is 0 Å². The topological polar surface area (TPSA) is 66.2 Å². The molecule has 0 aliphatic heterocycles. The van der Waals surface area contributed by atoms with Crippen LogP contribution < -0.4 is 0 Å². The molecule has 0 bridgehead atoms. The average molecular weight is 210 g/mol. The van der Waals surface area contributed by atoms with Gasteiger partial charge in [0.05, 0.1) is 0 Å². The summed E-state index contributed by atoms with van der Waals surface area (Å²) in [5, 5.41) is 4.72. The molecule has 1 aromatic heterocycles. The summed E-state index contributed by atoms with van der Waals surface area (Å²) in [4.78, 5) is 0. The van der Waals surface area contributed by atoms with E-state index in [1.807, 2.05) is 18.2 Å². The van der Waals surface area contributed by atoms with Gasteiger partial charge in [-0.3, -0.25) is 4.21 Å². The summed E-state index contributed by atoms with van der Waals surface area (Å²) < 4.78 is 25.6. The molecule has 5 heteroatoms. The van der Waals surface area contributed by atoms with Crippen LogP contribution in [-0.4, -0.2) is 19.7 Å². The van der Waals surface area contributed by atoms with E-state index in [0.29, 0.717) is 6.42 Å². The maximum Gasteiger partial charge on any atom is 0.131 e. The largest absolute Gasteiger partial charge is 0.772 e. The van der Waals surface area contributed by atoms with Crippen LogP contribution >= 0.6 is 0 Å². The third-order valence-corrected chi connectivity index (χ3v) is 2.55. The van der Waals surface area contributed by atoms with E-state index < -0.39 is 11.1 Å². The highest BCUT2D eigenvalue weighted by Crippen LogP contribution is 2.17. The average Bonchev–Trinajstić information content (AvgIpc) is 2.62. The van der Waals surface area contributed by atoms with Gasteiger partial charge in [-0.05, 0) is 18.1 Å². The molecule has 1 aromatic carbocycles. The van der Waals surface area contributed by atoms with Gasteiger partial charge in [0.15, 0.2) is 0 Å². The summed E-state index contributed by atoms with van der Waals surface area (Å²) in [5.41, 5.74) is 1.65. The Kier molecular flexibility index (Phi) is 2.60. The summed E-state index contributed by atoms with van der Waals surface area (Å²) in [7, 11) is 0. The predicted octanol–water partition coefficient (Wildman–Crippen LogP) is 1.25. The van der Waals surface area contributed by atoms with E-state index in [1.54, 1.807) is 6.26 Å². The molecule has 14 heavy (non-hydrogen) atoms. The highest BCUT2D eigenvalue weighted by molar-refractivity contribution is 7.79. The SMILES string of the molecule is O=S([O-])CCc1cccc2conc12. The van der Waals surface area contributed by atoms with Gasteiger partial charge < -0.3 is 9.08 Å². The van der Waals surface area contributed by atoms with Crippen molar-refractivity contribution in [3.05, 3.63) is 30.0 Å². The number of aromatic nitrogens is 1. The number of rotatable bonds is 3. The standard InChI is InChI=1S/C9H9NO3S/c11-14(12)5-4-7-2-1-3-8-6-13-10-9(7)8/h1-3,6H,4-5H2,(H,11,12)/p-1. The Morgan fingerprint density at radius 3 is 3.14 bits per heavy atom. The molecule has 4 nitrogen and oxygen atoms in total. The Morgan fingerprint density at radius 1 is 1.50 bits per heavy atom. The van der Waals surface area contributed by atoms with Gasteiger partial charge in [0, 0.05) is 11.1 Å². The van der Waals surface area contributed by atoms with Crippen molar-refractivity contribution in [2.75, 3.05) is 5.75 Å². The second-order valence-electron chi connectivity index (χ2n) is 2.93. The van der Waals surface area contributed by atoms with Crippen molar-refractivity contribution in [1.29, 1.82) is 0 Å². The summed E-state index contributed by atoms with van der Waals surface area (Å²) >= 11 is -2.01. The Balaban J connectivity index is 2.32. The summed E-state index contributed by atoms with van der Waals surface area (Å²) in [6.07, 6.45) is 2.02. The second-order valence-corrected chi connectivity index (χ2v) is 3.94. The van der Waals surface area contributed by atoms with Crippen LogP contribution in [0.1, 0.15) is 5.56 Å². The Labute approximate surface area is 83.2 Å². The van der Waals surface area contributed by atoms with Gasteiger partial charge in [0.25, 0.3) is 0 Å². The van der Waals surface area contributed by atoms with Crippen molar-refractivity contribution in [2.45, 2.75) is 6.42 Å². The fraction of sp³-hybridized carbons (Fsp3) is 0.222. The van der Waals surface area contributed by atoms with E-state index >= 15 is 0 Å². The van der Waals surface area contributed by atoms with Crippen LogP contribution in [0.2, 0.25) is 0 Å². The summed E-state index contributed by atoms with van der Waals surface area (Å²) in [6, 6.07) is 5.60. The number of fused-ring (bicyclic) bond motifs is 1. The van der Waals surface area contributed by atoms with Crippen molar-refractivity contribution in [3.8, 4) is 0 Å². The highest BCUT2D eigenvalue weighted by atomic mass is 32.2. The molecule has 2 rings (SSSR count). The molecular weight excluding hydrogens is 202 g/mol. The van der Waals surface area contributed by atoms with Crippen LogP contribution in [0.25, 0.3) is 10.9 Å². The van der Waals surface area contributed by atoms with Crippen LogP contribution in [0.5, 0.6) is 0 Å². The Bertz CT molecular complexity index is 466. The summed E-state index contributed by atoms with van der Waals surface area (Å²) in [5.74, 6) is 0.117. The molecular formula is C9H8NO3S-. The number of hydrogen-bond donors (Lipinski definition) is 0. The lowest BCUT2D eigenvalue weighted by atomic mass is 10.1. The second kappa shape index (κ2) is 3.89. The molecule has 1 atom stereocenters. The van der Waals surface area contributed by atoms with Gasteiger partial charge in [-0.1, -0.05) is 28.4 Å². The molecule has 0 N–H and O–H groups in total. The van der Waals surface area contributed by atoms with Crippen LogP contribution in [0.4, 0.5) is 0 Å². The molecule has 0 aliphatic carbocycles. The quantitative estimate of drug-likeness (QED) is 0.715. The van der Waals surface area contributed by atoms with Gasteiger partial charge in [-0.15, -0.1) is 0 Å². The van der Waals surface area contributed by atoms with Crippen LogP contribution in [-0.2, 0) is 17.5 Å². The molecule has 0 fully saturated rings. The van der Waals surface area contributed by atoms with Crippen LogP contribution in [0.15, 0.2) is 29.0 Å². The van der Waals surface area contributed by atoms with Gasteiger partial charge in [0.1, 0.15) is 11.8 Å². The fourth-order valence-corrected chi connectivity index (χ4v) is 1.74. The zero-order valence-electron chi connectivity index (χ0n) is 7.30. The molecule has 1 unspecified atom stereocenters. The maximum absolute atomic E-state index is 10.4. The fourth-order valence-electron chi connectivity index (χ4n) is 1.35. The highest BCUT2D eigenvalue weighted by Gasteiger charge is 2.03. The third-order valence-electron chi connectivity index (χ3n) is 2.01. The van der Waals surface area contributed by atoms with Crippen molar-refractivity contribution < 1.29 is 13.3 Å². The molecule has 0 radical (unpaired) electrons. The van der Waals surface area contributed by atoms with Crippen molar-refractivity contribution in [1.82, 2.24) is 5.16 Å². The number of aryl methyl sites for hydroxylation is 1. The van der Waals surface area contributed by atoms with Crippen molar-refractivity contribution >= 4 is 22.0 Å². The van der Waals surface area contributed by atoms with Crippen LogP contribution in [0, 0.1) is 0 Å². The molecule has 0 amide bonds. The number of benzene rings is 1. The Hall–Kier alpha value is -1.20. The molecule has 0 spiro atoms. The third kappa shape index (κ3) is 1.83. The Morgan fingerprint density at radius 2 is 2.36 bits per heavy atom. The van der Waals surface area contributed by atoms with E-state index in [9.17, 15) is 8.76 Å². The smallest absolute Gasteiger partial charge is 0.131 e. The summed E-state index contributed by atoms with van der Waals surface area (Å²) in [6.45, 7) is 0. The lowest BCUT2D eigenvalue weighted by Crippen LogP contribution is -1.99. The van der Waals surface area contributed by atoms with E-state index in [4.69, 9.17) is 4.52 Å². The normalized spacial score (nSPS) is 13.2. The van der Waals surface area contributed by atoms with E-state index in [1.165, 1.54) is 0 Å². The molecule has 0 saturated carbocycles. The maximum atomic E-state index is 10.4. The minimum Gasteiger partial charge on any atom is -0.772 e. The number of nitrogens with zero attached hydrogens (tertiary/aromatic N) is 1. The first-order valence-corrected chi connectivity index (χ1v) is 5.39. The number of hydrogen-bond acceptors (Lipinski definition) is 4. The first-order chi connectivity index (χ1) is 6.77.